The van der Waals surface area contributed by atoms with Gasteiger partial charge in [-0.15, -0.1) is 0 Å². The van der Waals surface area contributed by atoms with Crippen molar-refractivity contribution < 1.29 is 0 Å². The predicted molar refractivity (Wildman–Crippen MR) is 105 cm³/mol. The van der Waals surface area contributed by atoms with Crippen LogP contribution >= 0.6 is 0 Å². The van der Waals surface area contributed by atoms with E-state index in [9.17, 15) is 0 Å². The van der Waals surface area contributed by atoms with E-state index in [1.807, 2.05) is 0 Å². The summed E-state index contributed by atoms with van der Waals surface area (Å²) in [7, 11) is 0. The molecule has 3 rings (SSSR count). The molecule has 0 spiro atoms. The van der Waals surface area contributed by atoms with E-state index in [1.165, 1.54) is 30.4 Å². The van der Waals surface area contributed by atoms with Gasteiger partial charge in [-0.05, 0) is 73.0 Å². The normalized spacial score (nSPS) is 22.8. The quantitative estimate of drug-likeness (QED) is 0.546. The zero-order chi connectivity index (χ0) is 17.3. The van der Waals surface area contributed by atoms with Crippen LogP contribution in [0, 0.1) is 17.3 Å². The largest absolute Gasteiger partial charge is 0.0999 e. The molecule has 0 amide bonds. The molecule has 1 aromatic rings. The molecular weight excluding hydrogens is 288 g/mol. The van der Waals surface area contributed by atoms with Crippen LogP contribution in [0.15, 0.2) is 54.2 Å². The number of allylic oxidation sites excluding steroid dienone is 5. The molecule has 128 valence electrons. The van der Waals surface area contributed by atoms with Crippen molar-refractivity contribution in [2.24, 2.45) is 17.3 Å². The van der Waals surface area contributed by atoms with Crippen molar-refractivity contribution in [2.75, 3.05) is 0 Å². The lowest BCUT2D eigenvalue weighted by Gasteiger charge is -2.33. The van der Waals surface area contributed by atoms with E-state index in [4.69, 9.17) is 0 Å². The lowest BCUT2D eigenvalue weighted by Crippen LogP contribution is -2.23. The van der Waals surface area contributed by atoms with E-state index >= 15 is 0 Å². The summed E-state index contributed by atoms with van der Waals surface area (Å²) in [6.45, 7) is 13.3. The molecule has 1 aromatic carbocycles. The number of hydrogen-bond donors (Lipinski definition) is 0. The second kappa shape index (κ2) is 6.75. The van der Waals surface area contributed by atoms with Gasteiger partial charge in [-0.1, -0.05) is 74.9 Å². The third kappa shape index (κ3) is 3.91. The lowest BCUT2D eigenvalue weighted by molar-refractivity contribution is 0.314. The van der Waals surface area contributed by atoms with Crippen LogP contribution in [0.1, 0.15) is 57.2 Å². The molecule has 0 heterocycles. The van der Waals surface area contributed by atoms with Gasteiger partial charge in [0, 0.05) is 0 Å². The fourth-order valence-electron chi connectivity index (χ4n) is 4.06. The smallest absolute Gasteiger partial charge is 0.000393 e. The highest BCUT2D eigenvalue weighted by atomic mass is 14.3. The highest BCUT2D eigenvalue weighted by Crippen LogP contribution is 2.37. The maximum Gasteiger partial charge on any atom is -0.000393 e. The Hall–Kier alpha value is -1.56. The van der Waals surface area contributed by atoms with Crippen LogP contribution in [0.5, 0.6) is 0 Å². The summed E-state index contributed by atoms with van der Waals surface area (Å²) in [6.07, 6.45) is 13.3. The minimum absolute atomic E-state index is 0.451. The third-order valence-corrected chi connectivity index (χ3v) is 5.92. The van der Waals surface area contributed by atoms with E-state index in [0.29, 0.717) is 17.3 Å². The van der Waals surface area contributed by atoms with Crippen LogP contribution in [0.3, 0.4) is 0 Å². The molecule has 24 heavy (non-hydrogen) atoms. The van der Waals surface area contributed by atoms with Gasteiger partial charge in [0.05, 0.1) is 0 Å². The Morgan fingerprint density at radius 2 is 2.12 bits per heavy atom. The van der Waals surface area contributed by atoms with Crippen LogP contribution in [-0.4, -0.2) is 0 Å². The second-order valence-corrected chi connectivity index (χ2v) is 8.82. The van der Waals surface area contributed by atoms with E-state index in [-0.39, 0.29) is 0 Å². The molecule has 0 heteroatoms. The summed E-state index contributed by atoms with van der Waals surface area (Å²) in [6, 6.07) is 6.96. The molecule has 0 bridgehead atoms. The highest BCUT2D eigenvalue weighted by molar-refractivity contribution is 5.40. The summed E-state index contributed by atoms with van der Waals surface area (Å²) >= 11 is 0. The minimum Gasteiger partial charge on any atom is -0.0999 e. The Kier molecular flexibility index (Phi) is 4.85. The van der Waals surface area contributed by atoms with Gasteiger partial charge in [0.15, 0.2) is 0 Å². The van der Waals surface area contributed by atoms with Crippen molar-refractivity contribution >= 4 is 0 Å². The van der Waals surface area contributed by atoms with E-state index in [2.05, 4.69) is 70.7 Å². The van der Waals surface area contributed by atoms with Crippen LogP contribution in [-0.2, 0) is 19.3 Å². The van der Waals surface area contributed by atoms with E-state index in [1.54, 1.807) is 16.7 Å². The summed E-state index contributed by atoms with van der Waals surface area (Å²) in [5.74, 6) is 1.14. The molecule has 2 atom stereocenters. The molecule has 0 radical (unpaired) electrons. The van der Waals surface area contributed by atoms with Gasteiger partial charge in [-0.2, -0.15) is 0 Å². The maximum atomic E-state index is 4.09. The number of rotatable bonds is 5. The van der Waals surface area contributed by atoms with Crippen molar-refractivity contribution in [1.82, 2.24) is 0 Å². The van der Waals surface area contributed by atoms with Crippen molar-refractivity contribution in [1.29, 1.82) is 0 Å². The molecule has 1 unspecified atom stereocenters. The second-order valence-electron chi connectivity index (χ2n) is 8.82. The first-order valence-electron chi connectivity index (χ1n) is 9.48. The lowest BCUT2D eigenvalue weighted by atomic mass is 9.72. The van der Waals surface area contributed by atoms with Gasteiger partial charge >= 0.3 is 0 Å². The summed E-state index contributed by atoms with van der Waals surface area (Å²) in [5.41, 5.74) is 8.02. The molecule has 0 saturated heterocycles. The molecule has 2 aliphatic carbocycles. The highest BCUT2D eigenvalue weighted by Gasteiger charge is 2.27. The van der Waals surface area contributed by atoms with Crippen LogP contribution < -0.4 is 0 Å². The zero-order valence-electron chi connectivity index (χ0n) is 15.9. The van der Waals surface area contributed by atoms with Crippen molar-refractivity contribution in [3.05, 3.63) is 70.8 Å². The Bertz CT molecular complexity index is 684. The van der Waals surface area contributed by atoms with Gasteiger partial charge in [-0.3, -0.25) is 0 Å². The first-order valence-corrected chi connectivity index (χ1v) is 9.48. The van der Waals surface area contributed by atoms with Crippen molar-refractivity contribution in [3.8, 4) is 0 Å². The Morgan fingerprint density at radius 1 is 1.33 bits per heavy atom. The van der Waals surface area contributed by atoms with Gasteiger partial charge in [0.1, 0.15) is 0 Å². The first-order chi connectivity index (χ1) is 11.3. The Morgan fingerprint density at radius 3 is 2.88 bits per heavy atom. The molecular formula is C24H32. The topological polar surface area (TPSA) is 0 Å². The molecule has 2 aliphatic rings. The fourth-order valence-corrected chi connectivity index (χ4v) is 4.06. The number of fused-ring (bicyclic) bond motifs is 1. The van der Waals surface area contributed by atoms with Crippen LogP contribution in [0.2, 0.25) is 0 Å². The monoisotopic (exact) mass is 320 g/mol. The molecule has 0 aliphatic heterocycles. The zero-order valence-corrected chi connectivity index (χ0v) is 15.9. The van der Waals surface area contributed by atoms with E-state index < -0.39 is 0 Å². The minimum atomic E-state index is 0.451. The van der Waals surface area contributed by atoms with E-state index in [0.717, 1.165) is 12.8 Å². The number of benzene rings is 1. The third-order valence-electron chi connectivity index (χ3n) is 5.92. The average molecular weight is 321 g/mol. The molecule has 0 N–H and O–H groups in total. The van der Waals surface area contributed by atoms with Gasteiger partial charge in [-0.25, -0.2) is 0 Å². The first kappa shape index (κ1) is 17.3. The summed E-state index contributed by atoms with van der Waals surface area (Å²) in [4.78, 5) is 0. The predicted octanol–water partition coefficient (Wildman–Crippen LogP) is 6.46. The molecule has 0 nitrogen and oxygen atoms in total. The van der Waals surface area contributed by atoms with Gasteiger partial charge < -0.3 is 0 Å². The Balaban J connectivity index is 1.73. The maximum absolute atomic E-state index is 4.09. The summed E-state index contributed by atoms with van der Waals surface area (Å²) < 4.78 is 0. The molecule has 0 saturated carbocycles. The molecule has 0 fully saturated rings. The standard InChI is InChI=1S/C24H32/c1-17(2)18(3)13-19-9-10-20(14-19)15-22-8-6-7-21-11-12-24(4,5)16-23(21)22/h6-10,14,18,20H,1,11-13,15-16H2,2-5H3/t18-,20?/m0/s1. The van der Waals surface area contributed by atoms with Crippen LogP contribution in [0.4, 0.5) is 0 Å². The van der Waals surface area contributed by atoms with Gasteiger partial charge in [0.2, 0.25) is 0 Å². The van der Waals surface area contributed by atoms with Crippen molar-refractivity contribution in [2.45, 2.75) is 59.8 Å². The van der Waals surface area contributed by atoms with Gasteiger partial charge in [0.25, 0.3) is 0 Å². The van der Waals surface area contributed by atoms with Crippen LogP contribution in [0.25, 0.3) is 0 Å². The van der Waals surface area contributed by atoms with Crippen molar-refractivity contribution in [3.63, 3.8) is 0 Å². The number of hydrogen-bond acceptors (Lipinski definition) is 0. The SMILES string of the molecule is C=C(C)[C@@H](C)CC1=CC(Cc2cccc3c2CC(C)(C)CC3)C=C1. The Labute approximate surface area is 148 Å². The average Bonchev–Trinajstić information content (AvgIpc) is 2.94. The molecule has 0 aromatic heterocycles. The number of aryl methyl sites for hydroxylation is 1. The fraction of sp³-hybridized carbons (Fsp3) is 0.500. The summed E-state index contributed by atoms with van der Waals surface area (Å²) in [5, 5.41) is 0.